The molecule has 2 fully saturated rings. The number of hydrogen-bond acceptors (Lipinski definition) is 4. The van der Waals surface area contributed by atoms with Crippen molar-refractivity contribution in [2.75, 3.05) is 19.7 Å². The number of nitrogens with two attached hydrogens (primary N) is 1. The number of nitrogens with one attached hydrogen (secondary N) is 1. The molecule has 152 valence electrons. The van der Waals surface area contributed by atoms with E-state index in [0.29, 0.717) is 25.6 Å². The first-order valence-corrected chi connectivity index (χ1v) is 10.2. The number of hydrogen-bond donors (Lipinski definition) is 2. The van der Waals surface area contributed by atoms with E-state index in [1.807, 2.05) is 0 Å². The van der Waals surface area contributed by atoms with Crippen LogP contribution in [0.1, 0.15) is 68.8 Å². The molecule has 1 saturated carbocycles. The molecule has 0 amide bonds. The summed E-state index contributed by atoms with van der Waals surface area (Å²) < 4.78 is 35.7. The predicted molar refractivity (Wildman–Crippen MR) is 99.9 cm³/mol. The summed E-state index contributed by atoms with van der Waals surface area (Å²) in [5.74, 6) is -2.37. The molecule has 0 aromatic carbocycles. The van der Waals surface area contributed by atoms with Crippen molar-refractivity contribution < 1.29 is 13.5 Å². The van der Waals surface area contributed by atoms with Crippen molar-refractivity contribution in [1.29, 1.82) is 0 Å². The number of ether oxygens (including phenoxy) is 1. The summed E-state index contributed by atoms with van der Waals surface area (Å²) in [4.78, 5) is 0. The number of halogens is 2. The maximum absolute atomic E-state index is 14.0. The van der Waals surface area contributed by atoms with Gasteiger partial charge < -0.3 is 15.8 Å². The summed E-state index contributed by atoms with van der Waals surface area (Å²) >= 11 is 0. The van der Waals surface area contributed by atoms with Gasteiger partial charge in [0.1, 0.15) is 6.54 Å². The molecule has 7 heteroatoms. The Labute approximate surface area is 160 Å². The molecule has 1 aliphatic carbocycles. The van der Waals surface area contributed by atoms with E-state index in [9.17, 15) is 8.78 Å². The van der Waals surface area contributed by atoms with E-state index < -0.39 is 5.92 Å². The number of fused-ring (bicyclic) bond motifs is 1. The van der Waals surface area contributed by atoms with Gasteiger partial charge in [-0.15, -0.1) is 0 Å². The van der Waals surface area contributed by atoms with Gasteiger partial charge in [-0.3, -0.25) is 4.68 Å². The lowest BCUT2D eigenvalue weighted by Gasteiger charge is -2.37. The summed E-state index contributed by atoms with van der Waals surface area (Å²) in [6.07, 6.45) is 4.92. The lowest BCUT2D eigenvalue weighted by atomic mass is 9.71. The standard InChI is InChI=1S/C20H32F2N4O/c1-18(2)11-19(27-13-18)5-3-14(4-6-19)17-15(10-24-8-7-23)25-26-12-20(21,22)9-16(17)26/h14,24H,3-13,23H2,1-2H3/t14-,19-. The third-order valence-electron chi connectivity index (χ3n) is 6.47. The van der Waals surface area contributed by atoms with Crippen LogP contribution >= 0.6 is 0 Å². The molecule has 1 spiro atoms. The zero-order valence-corrected chi connectivity index (χ0v) is 16.5. The van der Waals surface area contributed by atoms with E-state index in [1.54, 1.807) is 4.68 Å². The van der Waals surface area contributed by atoms with E-state index >= 15 is 0 Å². The van der Waals surface area contributed by atoms with Crippen LogP contribution in [0.3, 0.4) is 0 Å². The summed E-state index contributed by atoms with van der Waals surface area (Å²) in [5.41, 5.74) is 8.56. The molecule has 0 unspecified atom stereocenters. The molecule has 27 heavy (non-hydrogen) atoms. The molecular weight excluding hydrogens is 350 g/mol. The molecule has 1 saturated heterocycles. The van der Waals surface area contributed by atoms with Crippen LogP contribution in [0.5, 0.6) is 0 Å². The minimum Gasteiger partial charge on any atom is -0.374 e. The van der Waals surface area contributed by atoms with Crippen LogP contribution in [-0.2, 0) is 24.2 Å². The summed E-state index contributed by atoms with van der Waals surface area (Å²) in [6, 6.07) is 0. The smallest absolute Gasteiger partial charge is 0.272 e. The Morgan fingerprint density at radius 2 is 2.04 bits per heavy atom. The van der Waals surface area contributed by atoms with Crippen LogP contribution in [0, 0.1) is 5.41 Å². The van der Waals surface area contributed by atoms with Crippen molar-refractivity contribution in [2.45, 2.75) is 82.9 Å². The second-order valence-corrected chi connectivity index (χ2v) is 9.55. The Kier molecular flexibility index (Phi) is 4.84. The van der Waals surface area contributed by atoms with E-state index in [2.05, 4.69) is 24.3 Å². The van der Waals surface area contributed by atoms with Crippen molar-refractivity contribution in [3.63, 3.8) is 0 Å². The third kappa shape index (κ3) is 3.78. The van der Waals surface area contributed by atoms with Crippen LogP contribution in [-0.4, -0.2) is 41.0 Å². The highest BCUT2D eigenvalue weighted by Crippen LogP contribution is 2.51. The number of nitrogens with zero attached hydrogens (tertiary/aromatic N) is 2. The highest BCUT2D eigenvalue weighted by atomic mass is 19.3. The normalized spacial score (nSPS) is 31.5. The average molecular weight is 382 g/mol. The Morgan fingerprint density at radius 1 is 1.30 bits per heavy atom. The van der Waals surface area contributed by atoms with Crippen LogP contribution in [0.2, 0.25) is 0 Å². The molecule has 3 N–H and O–H groups in total. The second-order valence-electron chi connectivity index (χ2n) is 9.55. The van der Waals surface area contributed by atoms with Crippen molar-refractivity contribution in [2.24, 2.45) is 11.1 Å². The molecule has 1 aromatic rings. The number of aromatic nitrogens is 2. The van der Waals surface area contributed by atoms with E-state index in [-0.39, 0.29) is 24.0 Å². The fourth-order valence-electron chi connectivity index (χ4n) is 5.39. The van der Waals surface area contributed by atoms with Gasteiger partial charge in [-0.05, 0) is 43.4 Å². The van der Waals surface area contributed by atoms with Gasteiger partial charge >= 0.3 is 0 Å². The van der Waals surface area contributed by atoms with Gasteiger partial charge in [0, 0.05) is 30.9 Å². The summed E-state index contributed by atoms with van der Waals surface area (Å²) in [7, 11) is 0. The minimum atomic E-state index is -2.67. The van der Waals surface area contributed by atoms with Crippen LogP contribution in [0.25, 0.3) is 0 Å². The fraction of sp³-hybridized carbons (Fsp3) is 0.850. The molecule has 4 rings (SSSR count). The molecule has 3 aliphatic rings. The van der Waals surface area contributed by atoms with Gasteiger partial charge in [-0.2, -0.15) is 5.10 Å². The second kappa shape index (κ2) is 6.78. The predicted octanol–water partition coefficient (Wildman–Crippen LogP) is 2.97. The number of rotatable bonds is 5. The molecule has 2 aliphatic heterocycles. The highest BCUT2D eigenvalue weighted by Gasteiger charge is 2.48. The highest BCUT2D eigenvalue weighted by molar-refractivity contribution is 5.34. The Bertz CT molecular complexity index is 692. The first-order chi connectivity index (χ1) is 12.7. The number of alkyl halides is 2. The van der Waals surface area contributed by atoms with Gasteiger partial charge in [0.2, 0.25) is 0 Å². The van der Waals surface area contributed by atoms with Crippen LogP contribution in [0.4, 0.5) is 8.78 Å². The zero-order valence-electron chi connectivity index (χ0n) is 16.5. The van der Waals surface area contributed by atoms with E-state index in [0.717, 1.165) is 55.7 Å². The Morgan fingerprint density at radius 3 is 2.67 bits per heavy atom. The molecule has 0 bridgehead atoms. The fourth-order valence-corrected chi connectivity index (χ4v) is 5.39. The van der Waals surface area contributed by atoms with Gasteiger partial charge in [-0.25, -0.2) is 8.78 Å². The van der Waals surface area contributed by atoms with Crippen molar-refractivity contribution >= 4 is 0 Å². The first-order valence-electron chi connectivity index (χ1n) is 10.2. The SMILES string of the molecule is CC1(C)CO[C@]2(CC[C@H](c3c(CNCCN)nn4c3CC(F)(F)C4)CC2)C1. The summed E-state index contributed by atoms with van der Waals surface area (Å²) in [6.45, 7) is 6.92. The monoisotopic (exact) mass is 382 g/mol. The molecule has 1 aromatic heterocycles. The van der Waals surface area contributed by atoms with E-state index in [4.69, 9.17) is 10.5 Å². The van der Waals surface area contributed by atoms with Gasteiger partial charge in [0.05, 0.1) is 24.3 Å². The Balaban J connectivity index is 1.53. The van der Waals surface area contributed by atoms with Crippen molar-refractivity contribution in [1.82, 2.24) is 15.1 Å². The quantitative estimate of drug-likeness (QED) is 0.769. The lowest BCUT2D eigenvalue weighted by molar-refractivity contribution is -0.0295. The Hall–Kier alpha value is -1.05. The topological polar surface area (TPSA) is 65.1 Å². The van der Waals surface area contributed by atoms with Crippen molar-refractivity contribution in [3.8, 4) is 0 Å². The van der Waals surface area contributed by atoms with Crippen LogP contribution < -0.4 is 11.1 Å². The first kappa shape index (κ1) is 19.3. The maximum Gasteiger partial charge on any atom is 0.272 e. The largest absolute Gasteiger partial charge is 0.374 e. The summed E-state index contributed by atoms with van der Waals surface area (Å²) in [5, 5.41) is 7.83. The van der Waals surface area contributed by atoms with Gasteiger partial charge in [-0.1, -0.05) is 13.8 Å². The van der Waals surface area contributed by atoms with Gasteiger partial charge in [0.25, 0.3) is 5.92 Å². The maximum atomic E-state index is 14.0. The third-order valence-corrected chi connectivity index (χ3v) is 6.47. The average Bonchev–Trinajstić information content (AvgIpc) is 3.16. The lowest BCUT2D eigenvalue weighted by Crippen LogP contribution is -2.34. The van der Waals surface area contributed by atoms with Gasteiger partial charge in [0.15, 0.2) is 0 Å². The molecule has 3 heterocycles. The molecule has 0 radical (unpaired) electrons. The minimum absolute atomic E-state index is 0.00175. The molecular formula is C20H32F2N4O. The van der Waals surface area contributed by atoms with Crippen molar-refractivity contribution in [3.05, 3.63) is 17.0 Å². The molecule has 0 atom stereocenters. The van der Waals surface area contributed by atoms with Crippen LogP contribution in [0.15, 0.2) is 0 Å². The zero-order chi connectivity index (χ0) is 19.3. The van der Waals surface area contributed by atoms with E-state index in [1.165, 1.54) is 0 Å². The molecule has 5 nitrogen and oxygen atoms in total.